The van der Waals surface area contributed by atoms with Gasteiger partial charge in [0.1, 0.15) is 12.1 Å². The largest absolute Gasteiger partial charge is 0.457 e. The molecule has 0 saturated carbocycles. The first-order valence-corrected chi connectivity index (χ1v) is 4.52. The molecule has 3 aliphatic rings. The number of carbonyl (C=O) groups is 2. The molecule has 1 N–H and O–H groups in total. The summed E-state index contributed by atoms with van der Waals surface area (Å²) in [4.78, 5) is 22.0. The highest BCUT2D eigenvalue weighted by atomic mass is 16.6. The van der Waals surface area contributed by atoms with Crippen LogP contribution in [0.25, 0.3) is 0 Å². The molecule has 1 amide bonds. The normalized spacial score (nSPS) is 44.9. The molecule has 0 aromatic heterocycles. The zero-order valence-electron chi connectivity index (χ0n) is 7.26. The van der Waals surface area contributed by atoms with E-state index in [1.807, 2.05) is 0 Å². The molecule has 76 valence electrons. The number of amides is 1. The smallest absolute Gasteiger partial charge is 0.408 e. The monoisotopic (exact) mass is 199 g/mol. The molecular formula is C8H9NO5. The quantitative estimate of drug-likeness (QED) is 0.516. The van der Waals surface area contributed by atoms with Crippen LogP contribution in [0.5, 0.6) is 0 Å². The Bertz CT molecular complexity index is 274. The molecule has 0 unspecified atom stereocenters. The molecule has 3 aliphatic heterocycles. The van der Waals surface area contributed by atoms with Gasteiger partial charge in [0.05, 0.1) is 13.0 Å². The number of alkyl carbamates (subject to hydrolysis) is 1. The van der Waals surface area contributed by atoms with Gasteiger partial charge >= 0.3 is 12.1 Å². The highest BCUT2D eigenvalue weighted by Gasteiger charge is 2.52. The van der Waals surface area contributed by atoms with Crippen molar-refractivity contribution in [3.63, 3.8) is 0 Å². The Morgan fingerprint density at radius 2 is 2.07 bits per heavy atom. The van der Waals surface area contributed by atoms with E-state index < -0.39 is 6.09 Å². The molecule has 3 fully saturated rings. The van der Waals surface area contributed by atoms with Gasteiger partial charge in [-0.3, -0.25) is 4.79 Å². The summed E-state index contributed by atoms with van der Waals surface area (Å²) >= 11 is 0. The van der Waals surface area contributed by atoms with E-state index in [0.29, 0.717) is 6.61 Å². The minimum Gasteiger partial charge on any atom is -0.457 e. The fraction of sp³-hybridized carbons (Fsp3) is 0.750. The van der Waals surface area contributed by atoms with Crippen LogP contribution >= 0.6 is 0 Å². The second-order valence-corrected chi connectivity index (χ2v) is 3.64. The average molecular weight is 199 g/mol. The van der Waals surface area contributed by atoms with Gasteiger partial charge in [-0.05, 0) is 0 Å². The third kappa shape index (κ3) is 1.00. The van der Waals surface area contributed by atoms with Gasteiger partial charge in [0.25, 0.3) is 0 Å². The standard InChI is InChI=1S/C8H9NO5/c10-5-1-3-7(14-5)6-4(2-12-3)13-8(11)9-6/h3-4,6-7H,1-2H2,(H,9,11)/t3-,4+,6+,7+/m0/s1. The Hall–Kier alpha value is -1.30. The van der Waals surface area contributed by atoms with Crippen molar-refractivity contribution in [2.75, 3.05) is 6.61 Å². The molecule has 6 heteroatoms. The minimum atomic E-state index is -0.466. The molecule has 0 aliphatic carbocycles. The summed E-state index contributed by atoms with van der Waals surface area (Å²) in [6.07, 6.45) is -1.13. The predicted molar refractivity (Wildman–Crippen MR) is 41.4 cm³/mol. The van der Waals surface area contributed by atoms with Crippen molar-refractivity contribution in [1.82, 2.24) is 5.32 Å². The van der Waals surface area contributed by atoms with Crippen molar-refractivity contribution < 1.29 is 23.8 Å². The van der Waals surface area contributed by atoms with Crippen molar-refractivity contribution >= 4 is 12.1 Å². The lowest BCUT2D eigenvalue weighted by Crippen LogP contribution is -2.53. The number of fused-ring (bicyclic) bond motifs is 3. The fourth-order valence-corrected chi connectivity index (χ4v) is 2.14. The predicted octanol–water partition coefficient (Wildman–Crippen LogP) is -0.822. The van der Waals surface area contributed by atoms with Gasteiger partial charge in [-0.15, -0.1) is 0 Å². The van der Waals surface area contributed by atoms with Crippen LogP contribution in [0.3, 0.4) is 0 Å². The second-order valence-electron chi connectivity index (χ2n) is 3.64. The van der Waals surface area contributed by atoms with Gasteiger partial charge in [-0.2, -0.15) is 0 Å². The van der Waals surface area contributed by atoms with Crippen LogP contribution in [0.4, 0.5) is 4.79 Å². The SMILES string of the molecule is O=C1C[C@@H]2OC[C@H]3OC(=O)N[C@H]3[C@@H]2O1. The number of hydrogen-bond donors (Lipinski definition) is 1. The van der Waals surface area contributed by atoms with E-state index in [2.05, 4.69) is 5.32 Å². The maximum Gasteiger partial charge on any atom is 0.408 e. The molecule has 0 bridgehead atoms. The van der Waals surface area contributed by atoms with Crippen LogP contribution in [0.1, 0.15) is 6.42 Å². The lowest BCUT2D eigenvalue weighted by Gasteiger charge is -2.31. The van der Waals surface area contributed by atoms with Gasteiger partial charge in [-0.1, -0.05) is 0 Å². The first kappa shape index (κ1) is 8.05. The highest BCUT2D eigenvalue weighted by molar-refractivity contribution is 5.74. The number of esters is 1. The van der Waals surface area contributed by atoms with Crippen molar-refractivity contribution in [2.24, 2.45) is 0 Å². The highest BCUT2D eigenvalue weighted by Crippen LogP contribution is 2.30. The number of rotatable bonds is 0. The Labute approximate surface area is 79.5 Å². The third-order valence-electron chi connectivity index (χ3n) is 2.77. The van der Waals surface area contributed by atoms with Gasteiger partial charge < -0.3 is 19.5 Å². The summed E-state index contributed by atoms with van der Waals surface area (Å²) in [6.45, 7) is 0.335. The van der Waals surface area contributed by atoms with E-state index >= 15 is 0 Å². The molecule has 0 radical (unpaired) electrons. The summed E-state index contributed by atoms with van der Waals surface area (Å²) in [5.41, 5.74) is 0. The zero-order valence-corrected chi connectivity index (χ0v) is 7.26. The second kappa shape index (κ2) is 2.60. The summed E-state index contributed by atoms with van der Waals surface area (Å²) in [7, 11) is 0. The number of carbonyl (C=O) groups excluding carboxylic acids is 2. The molecule has 3 saturated heterocycles. The van der Waals surface area contributed by atoms with Crippen LogP contribution in [0.15, 0.2) is 0 Å². The van der Waals surface area contributed by atoms with Crippen LogP contribution in [-0.2, 0) is 19.0 Å². The number of hydrogen-bond acceptors (Lipinski definition) is 5. The lowest BCUT2D eigenvalue weighted by molar-refractivity contribution is -0.147. The molecule has 3 heterocycles. The molecule has 4 atom stereocenters. The zero-order chi connectivity index (χ0) is 9.71. The average Bonchev–Trinajstić information content (AvgIpc) is 2.65. The van der Waals surface area contributed by atoms with Crippen molar-refractivity contribution in [2.45, 2.75) is 30.8 Å². The van der Waals surface area contributed by atoms with Crippen LogP contribution < -0.4 is 5.32 Å². The van der Waals surface area contributed by atoms with E-state index in [4.69, 9.17) is 14.2 Å². The molecule has 3 rings (SSSR count). The van der Waals surface area contributed by atoms with Crippen molar-refractivity contribution in [3.8, 4) is 0 Å². The maximum absolute atomic E-state index is 11.0. The number of ether oxygens (including phenoxy) is 3. The van der Waals surface area contributed by atoms with Crippen molar-refractivity contribution in [1.29, 1.82) is 0 Å². The van der Waals surface area contributed by atoms with Crippen LogP contribution in [0.2, 0.25) is 0 Å². The Kier molecular flexibility index (Phi) is 1.49. The van der Waals surface area contributed by atoms with E-state index in [-0.39, 0.29) is 36.7 Å². The van der Waals surface area contributed by atoms with Crippen LogP contribution in [0, 0.1) is 0 Å². The van der Waals surface area contributed by atoms with Gasteiger partial charge in [0, 0.05) is 0 Å². The molecule has 0 aromatic carbocycles. The summed E-state index contributed by atoms with van der Waals surface area (Å²) < 4.78 is 15.4. The fourth-order valence-electron chi connectivity index (χ4n) is 2.14. The van der Waals surface area contributed by atoms with E-state index in [1.165, 1.54) is 0 Å². The maximum atomic E-state index is 11.0. The van der Waals surface area contributed by atoms with E-state index in [0.717, 1.165) is 0 Å². The van der Waals surface area contributed by atoms with Gasteiger partial charge in [0.2, 0.25) is 0 Å². The first-order valence-electron chi connectivity index (χ1n) is 4.52. The lowest BCUT2D eigenvalue weighted by atomic mass is 9.98. The number of nitrogens with one attached hydrogen (secondary N) is 1. The minimum absolute atomic E-state index is 0.231. The first-order chi connectivity index (χ1) is 6.74. The van der Waals surface area contributed by atoms with E-state index in [9.17, 15) is 9.59 Å². The van der Waals surface area contributed by atoms with Gasteiger partial charge in [-0.25, -0.2) is 4.79 Å². The van der Waals surface area contributed by atoms with E-state index in [1.54, 1.807) is 0 Å². The molecule has 0 aromatic rings. The molecule has 14 heavy (non-hydrogen) atoms. The molecule has 6 nitrogen and oxygen atoms in total. The topological polar surface area (TPSA) is 73.9 Å². The van der Waals surface area contributed by atoms with Crippen LogP contribution in [-0.4, -0.2) is 43.0 Å². The van der Waals surface area contributed by atoms with Crippen molar-refractivity contribution in [3.05, 3.63) is 0 Å². The Morgan fingerprint density at radius 1 is 1.21 bits per heavy atom. The Balaban J connectivity index is 1.84. The Morgan fingerprint density at radius 3 is 2.93 bits per heavy atom. The summed E-state index contributed by atoms with van der Waals surface area (Å²) in [5, 5.41) is 2.63. The summed E-state index contributed by atoms with van der Waals surface area (Å²) in [5.74, 6) is -0.276. The molecule has 0 spiro atoms. The van der Waals surface area contributed by atoms with Gasteiger partial charge in [0.15, 0.2) is 12.2 Å². The molecular weight excluding hydrogens is 190 g/mol. The summed E-state index contributed by atoms with van der Waals surface area (Å²) in [6, 6.07) is -0.243. The third-order valence-corrected chi connectivity index (χ3v) is 2.77.